The highest BCUT2D eigenvalue weighted by atomic mass is 79.9. The van der Waals surface area contributed by atoms with Gasteiger partial charge in [0.05, 0.1) is 29.9 Å². The van der Waals surface area contributed by atoms with Gasteiger partial charge in [0.1, 0.15) is 10.5 Å². The number of methoxy groups -OCH3 is 1. The van der Waals surface area contributed by atoms with Crippen molar-refractivity contribution in [1.29, 1.82) is 5.26 Å². The van der Waals surface area contributed by atoms with Crippen molar-refractivity contribution in [2.24, 2.45) is 5.92 Å². The van der Waals surface area contributed by atoms with Crippen LogP contribution >= 0.6 is 27.7 Å². The summed E-state index contributed by atoms with van der Waals surface area (Å²) >= 11 is 4.49. The highest BCUT2D eigenvalue weighted by Crippen LogP contribution is 2.35. The first kappa shape index (κ1) is 23.9. The first-order valence-electron chi connectivity index (χ1n) is 9.57. The Morgan fingerprint density at radius 1 is 1.20 bits per heavy atom. The second-order valence-corrected chi connectivity index (χ2v) is 8.48. The standard InChI is InChI=1S/C22H24BrN3O3S/c1-29-20(27)15-30-21(18-11-7-12-19(23)26-18)17(14-24)22(28)25-13-6-5-10-16-8-3-2-4-9-16/h2-4,7-9,11-12,17,21H,5-6,10,13,15H2,1H3,(H,25,28)/t17-,21?/m1/s1. The van der Waals surface area contributed by atoms with E-state index >= 15 is 0 Å². The lowest BCUT2D eigenvalue weighted by molar-refractivity contribution is -0.137. The topological polar surface area (TPSA) is 92.1 Å². The number of esters is 1. The van der Waals surface area contributed by atoms with E-state index in [1.807, 2.05) is 18.2 Å². The molecule has 1 aromatic carbocycles. The summed E-state index contributed by atoms with van der Waals surface area (Å²) in [5.74, 6) is -1.73. The number of carbonyl (C=O) groups is 2. The number of nitriles is 1. The number of rotatable bonds is 11. The Hall–Kier alpha value is -2.37. The number of halogens is 1. The van der Waals surface area contributed by atoms with Crippen molar-refractivity contribution in [2.45, 2.75) is 24.5 Å². The van der Waals surface area contributed by atoms with Crippen LogP contribution in [0.25, 0.3) is 0 Å². The number of nitrogens with one attached hydrogen (secondary N) is 1. The van der Waals surface area contributed by atoms with Crippen LogP contribution in [-0.4, -0.2) is 36.3 Å². The highest BCUT2D eigenvalue weighted by molar-refractivity contribution is 9.10. The van der Waals surface area contributed by atoms with Gasteiger partial charge in [-0.15, -0.1) is 11.8 Å². The molecule has 1 heterocycles. The van der Waals surface area contributed by atoms with Gasteiger partial charge in [0, 0.05) is 6.54 Å². The molecule has 0 bridgehead atoms. The molecular formula is C22H24BrN3O3S. The normalized spacial score (nSPS) is 12.4. The van der Waals surface area contributed by atoms with Crippen molar-refractivity contribution < 1.29 is 14.3 Å². The van der Waals surface area contributed by atoms with Crippen molar-refractivity contribution in [1.82, 2.24) is 10.3 Å². The number of benzene rings is 1. The monoisotopic (exact) mass is 489 g/mol. The van der Waals surface area contributed by atoms with Crippen molar-refractivity contribution >= 4 is 39.6 Å². The van der Waals surface area contributed by atoms with Crippen LogP contribution in [0.2, 0.25) is 0 Å². The molecule has 0 saturated heterocycles. The Balaban J connectivity index is 1.95. The Morgan fingerprint density at radius 3 is 2.63 bits per heavy atom. The Bertz CT molecular complexity index is 873. The summed E-state index contributed by atoms with van der Waals surface area (Å²) in [6.07, 6.45) is 2.70. The molecule has 0 aliphatic carbocycles. The van der Waals surface area contributed by atoms with E-state index in [0.717, 1.165) is 19.3 Å². The zero-order chi connectivity index (χ0) is 21.8. The molecule has 2 rings (SSSR count). The quantitative estimate of drug-likeness (QED) is 0.290. The number of hydrogen-bond acceptors (Lipinski definition) is 6. The predicted molar refractivity (Wildman–Crippen MR) is 121 cm³/mol. The number of ether oxygens (including phenoxy) is 1. The maximum atomic E-state index is 12.7. The zero-order valence-electron chi connectivity index (χ0n) is 16.7. The van der Waals surface area contributed by atoms with Gasteiger partial charge in [-0.25, -0.2) is 4.98 Å². The molecule has 1 unspecified atom stereocenters. The lowest BCUT2D eigenvalue weighted by atomic mass is 10.0. The summed E-state index contributed by atoms with van der Waals surface area (Å²) < 4.78 is 5.29. The molecule has 1 N–H and O–H groups in total. The summed E-state index contributed by atoms with van der Waals surface area (Å²) in [6, 6.07) is 17.6. The van der Waals surface area contributed by atoms with Crippen LogP contribution in [0.5, 0.6) is 0 Å². The summed E-state index contributed by atoms with van der Waals surface area (Å²) in [7, 11) is 1.30. The first-order valence-corrected chi connectivity index (χ1v) is 11.4. The van der Waals surface area contributed by atoms with Crippen molar-refractivity contribution in [3.8, 4) is 6.07 Å². The van der Waals surface area contributed by atoms with Gasteiger partial charge in [0.15, 0.2) is 0 Å². The smallest absolute Gasteiger partial charge is 0.315 e. The minimum absolute atomic E-state index is 0.0257. The van der Waals surface area contributed by atoms with Crippen molar-refractivity contribution in [3.63, 3.8) is 0 Å². The second-order valence-electron chi connectivity index (χ2n) is 6.53. The van der Waals surface area contributed by atoms with Crippen LogP contribution in [0.4, 0.5) is 0 Å². The summed E-state index contributed by atoms with van der Waals surface area (Å²) in [6.45, 7) is 0.490. The molecule has 0 spiro atoms. The molecule has 6 nitrogen and oxygen atoms in total. The van der Waals surface area contributed by atoms with Crippen molar-refractivity contribution in [3.05, 3.63) is 64.4 Å². The van der Waals surface area contributed by atoms with E-state index in [2.05, 4.69) is 49.2 Å². The third-order valence-electron chi connectivity index (χ3n) is 4.40. The number of aryl methyl sites for hydroxylation is 1. The second kappa shape index (κ2) is 13.0. The number of unbranched alkanes of at least 4 members (excludes halogenated alkanes) is 1. The third kappa shape index (κ3) is 7.81. The molecule has 2 atom stereocenters. The van der Waals surface area contributed by atoms with Crippen LogP contribution < -0.4 is 5.32 Å². The van der Waals surface area contributed by atoms with E-state index in [9.17, 15) is 14.9 Å². The average Bonchev–Trinajstić information content (AvgIpc) is 2.76. The van der Waals surface area contributed by atoms with Gasteiger partial charge in [0.2, 0.25) is 5.91 Å². The SMILES string of the molecule is COC(=O)CSC(c1cccc(Br)n1)[C@@H](C#N)C(=O)NCCCCc1ccccc1. The van der Waals surface area contributed by atoms with Gasteiger partial charge >= 0.3 is 5.97 Å². The molecule has 0 aliphatic heterocycles. The molecule has 0 fully saturated rings. The van der Waals surface area contributed by atoms with Crippen LogP contribution in [0.1, 0.15) is 29.3 Å². The molecular weight excluding hydrogens is 466 g/mol. The van der Waals surface area contributed by atoms with E-state index in [0.29, 0.717) is 16.8 Å². The molecule has 2 aromatic rings. The number of amides is 1. The molecule has 1 amide bonds. The fraction of sp³-hybridized carbons (Fsp3) is 0.364. The molecule has 0 saturated carbocycles. The summed E-state index contributed by atoms with van der Waals surface area (Å²) in [4.78, 5) is 28.7. The lowest BCUT2D eigenvalue weighted by Gasteiger charge is -2.20. The Kier molecular flexibility index (Phi) is 10.4. The van der Waals surface area contributed by atoms with Crippen molar-refractivity contribution in [2.75, 3.05) is 19.4 Å². The first-order chi connectivity index (χ1) is 14.5. The van der Waals surface area contributed by atoms with Gasteiger partial charge in [0.25, 0.3) is 0 Å². The Morgan fingerprint density at radius 2 is 1.97 bits per heavy atom. The van der Waals surface area contributed by atoms with Gasteiger partial charge in [-0.2, -0.15) is 5.26 Å². The maximum absolute atomic E-state index is 12.7. The number of hydrogen-bond donors (Lipinski definition) is 1. The third-order valence-corrected chi connectivity index (χ3v) is 6.11. The maximum Gasteiger partial charge on any atom is 0.315 e. The number of aromatic nitrogens is 1. The van der Waals surface area contributed by atoms with Gasteiger partial charge < -0.3 is 10.1 Å². The molecule has 30 heavy (non-hydrogen) atoms. The number of thioether (sulfide) groups is 1. The van der Waals surface area contributed by atoms with E-state index in [4.69, 9.17) is 0 Å². The fourth-order valence-corrected chi connectivity index (χ4v) is 4.31. The number of pyridine rings is 1. The molecule has 158 valence electrons. The zero-order valence-corrected chi connectivity index (χ0v) is 19.1. The minimum atomic E-state index is -0.976. The fourth-order valence-electron chi connectivity index (χ4n) is 2.84. The Labute approximate surface area is 189 Å². The van der Waals surface area contributed by atoms with E-state index in [1.54, 1.807) is 18.2 Å². The molecule has 0 radical (unpaired) electrons. The van der Waals surface area contributed by atoms with E-state index < -0.39 is 17.1 Å². The average molecular weight is 490 g/mol. The van der Waals surface area contributed by atoms with E-state index in [-0.39, 0.29) is 11.7 Å². The lowest BCUT2D eigenvalue weighted by Crippen LogP contribution is -2.34. The highest BCUT2D eigenvalue weighted by Gasteiger charge is 2.32. The molecule has 8 heteroatoms. The number of nitrogens with zero attached hydrogens (tertiary/aromatic N) is 2. The van der Waals surface area contributed by atoms with Gasteiger partial charge in [-0.3, -0.25) is 9.59 Å². The summed E-state index contributed by atoms with van der Waals surface area (Å²) in [5.41, 5.74) is 1.82. The number of carbonyl (C=O) groups excluding carboxylic acids is 2. The van der Waals surface area contributed by atoms with E-state index in [1.165, 1.54) is 24.4 Å². The van der Waals surface area contributed by atoms with Crippen LogP contribution in [0.3, 0.4) is 0 Å². The van der Waals surface area contributed by atoms with Crippen LogP contribution in [0.15, 0.2) is 53.1 Å². The predicted octanol–water partition coefficient (Wildman–Crippen LogP) is 4.07. The van der Waals surface area contributed by atoms with Crippen LogP contribution in [0, 0.1) is 17.2 Å². The largest absolute Gasteiger partial charge is 0.468 e. The van der Waals surface area contributed by atoms with Crippen LogP contribution in [-0.2, 0) is 20.7 Å². The molecule has 0 aliphatic rings. The summed E-state index contributed by atoms with van der Waals surface area (Å²) in [5, 5.41) is 12.0. The van der Waals surface area contributed by atoms with Gasteiger partial charge in [-0.05, 0) is 52.9 Å². The molecule has 1 aromatic heterocycles. The minimum Gasteiger partial charge on any atom is -0.468 e. The van der Waals surface area contributed by atoms with Gasteiger partial charge in [-0.1, -0.05) is 36.4 Å².